The number of alkyl carbamates (subject to hydrolysis) is 1. The summed E-state index contributed by atoms with van der Waals surface area (Å²) in [5.41, 5.74) is 1.84. The molecule has 3 N–H and O–H groups in total. The van der Waals surface area contributed by atoms with Crippen LogP contribution in [-0.4, -0.2) is 55.2 Å². The summed E-state index contributed by atoms with van der Waals surface area (Å²) in [6.07, 6.45) is 1.98. The number of nitrogens with one attached hydrogen (secondary N) is 3. The lowest BCUT2D eigenvalue weighted by molar-refractivity contribution is -0.115. The molecule has 0 radical (unpaired) electrons. The van der Waals surface area contributed by atoms with E-state index in [0.29, 0.717) is 25.4 Å². The van der Waals surface area contributed by atoms with Gasteiger partial charge in [-0.05, 0) is 43.9 Å². The number of benzene rings is 1. The largest absolute Gasteiger partial charge is 0.450 e. The van der Waals surface area contributed by atoms with Crippen molar-refractivity contribution in [3.05, 3.63) is 29.8 Å². The molecule has 8 heteroatoms. The number of carbonyl (C=O) groups is 3. The van der Waals surface area contributed by atoms with Gasteiger partial charge < -0.3 is 25.6 Å². The highest BCUT2D eigenvalue weighted by atomic mass is 16.5. The highest BCUT2D eigenvalue weighted by Crippen LogP contribution is 2.12. The Hall–Kier alpha value is -2.77. The molecular formula is C19H28N4O4. The first-order valence-electron chi connectivity index (χ1n) is 9.36. The predicted octanol–water partition coefficient (Wildman–Crippen LogP) is 2.11. The summed E-state index contributed by atoms with van der Waals surface area (Å²) in [6, 6.07) is 7.15. The standard InChI is InChI=1S/C19H28N4O4/c1-3-14-7-5-8-15(11-14)21-17(24)12-20-18(25)23-10-6-9-16(13-23)22-19(26)27-4-2/h5,7-8,11,16H,3-4,6,9-10,12-13H2,1-2H3,(H,20,25)(H,21,24)(H,22,26)/t16-/m1/s1. The van der Waals surface area contributed by atoms with Crippen molar-refractivity contribution in [2.24, 2.45) is 0 Å². The molecule has 1 aliphatic heterocycles. The summed E-state index contributed by atoms with van der Waals surface area (Å²) in [5, 5.41) is 8.16. The number of hydrogen-bond acceptors (Lipinski definition) is 4. The zero-order valence-electron chi connectivity index (χ0n) is 15.9. The van der Waals surface area contributed by atoms with Crippen molar-refractivity contribution in [2.45, 2.75) is 39.2 Å². The topological polar surface area (TPSA) is 99.8 Å². The normalized spacial score (nSPS) is 16.4. The van der Waals surface area contributed by atoms with E-state index in [9.17, 15) is 14.4 Å². The molecular weight excluding hydrogens is 348 g/mol. The van der Waals surface area contributed by atoms with Gasteiger partial charge in [-0.2, -0.15) is 0 Å². The quantitative estimate of drug-likeness (QED) is 0.708. The van der Waals surface area contributed by atoms with E-state index < -0.39 is 6.09 Å². The van der Waals surface area contributed by atoms with E-state index in [4.69, 9.17) is 4.74 Å². The fraction of sp³-hybridized carbons (Fsp3) is 0.526. The molecule has 0 aromatic heterocycles. The zero-order valence-corrected chi connectivity index (χ0v) is 15.9. The molecule has 1 aromatic rings. The molecule has 0 bridgehead atoms. The summed E-state index contributed by atoms with van der Waals surface area (Å²) >= 11 is 0. The van der Waals surface area contributed by atoms with Crippen LogP contribution in [0, 0.1) is 0 Å². The van der Waals surface area contributed by atoms with Crippen LogP contribution in [-0.2, 0) is 16.0 Å². The fourth-order valence-corrected chi connectivity index (χ4v) is 2.96. The molecule has 1 heterocycles. The van der Waals surface area contributed by atoms with Gasteiger partial charge in [-0.15, -0.1) is 0 Å². The summed E-state index contributed by atoms with van der Waals surface area (Å²) in [4.78, 5) is 37.5. The summed E-state index contributed by atoms with van der Waals surface area (Å²) in [5.74, 6) is -0.283. The molecule has 8 nitrogen and oxygen atoms in total. The molecule has 2 rings (SSSR count). The average Bonchev–Trinajstić information content (AvgIpc) is 2.66. The van der Waals surface area contributed by atoms with E-state index in [1.807, 2.05) is 31.2 Å². The molecule has 4 amide bonds. The lowest BCUT2D eigenvalue weighted by Gasteiger charge is -2.32. The lowest BCUT2D eigenvalue weighted by Crippen LogP contribution is -2.53. The highest BCUT2D eigenvalue weighted by Gasteiger charge is 2.25. The van der Waals surface area contributed by atoms with Crippen LogP contribution in [0.2, 0.25) is 0 Å². The van der Waals surface area contributed by atoms with Crippen LogP contribution < -0.4 is 16.0 Å². The number of hydrogen-bond donors (Lipinski definition) is 3. The summed E-state index contributed by atoms with van der Waals surface area (Å²) in [6.45, 7) is 4.96. The Bertz CT molecular complexity index is 665. The molecule has 148 valence electrons. The first-order valence-corrected chi connectivity index (χ1v) is 9.36. The minimum absolute atomic E-state index is 0.109. The van der Waals surface area contributed by atoms with Gasteiger partial charge in [0.15, 0.2) is 0 Å². The van der Waals surface area contributed by atoms with Crippen LogP contribution >= 0.6 is 0 Å². The average molecular weight is 376 g/mol. The minimum atomic E-state index is -0.474. The van der Waals surface area contributed by atoms with Gasteiger partial charge in [0.2, 0.25) is 5.91 Å². The third kappa shape index (κ3) is 6.80. The second-order valence-electron chi connectivity index (χ2n) is 6.41. The number of rotatable bonds is 6. The molecule has 0 aliphatic carbocycles. The molecule has 1 saturated heterocycles. The Labute approximate surface area is 159 Å². The van der Waals surface area contributed by atoms with Gasteiger partial charge in [0, 0.05) is 24.8 Å². The van der Waals surface area contributed by atoms with Gasteiger partial charge in [0.25, 0.3) is 0 Å². The van der Waals surface area contributed by atoms with Crippen molar-refractivity contribution in [1.82, 2.24) is 15.5 Å². The Balaban J connectivity index is 1.77. The highest BCUT2D eigenvalue weighted by molar-refractivity contribution is 5.94. The number of nitrogens with zero attached hydrogens (tertiary/aromatic N) is 1. The predicted molar refractivity (Wildman–Crippen MR) is 103 cm³/mol. The van der Waals surface area contributed by atoms with E-state index in [-0.39, 0.29) is 24.5 Å². The molecule has 27 heavy (non-hydrogen) atoms. The van der Waals surface area contributed by atoms with Gasteiger partial charge in [-0.3, -0.25) is 4.79 Å². The first kappa shape index (κ1) is 20.5. The SMILES string of the molecule is CCOC(=O)N[C@@H]1CCCN(C(=O)NCC(=O)Nc2cccc(CC)c2)C1. The van der Waals surface area contributed by atoms with Crippen LogP contribution in [0.3, 0.4) is 0 Å². The maximum Gasteiger partial charge on any atom is 0.407 e. The maximum atomic E-state index is 12.3. The lowest BCUT2D eigenvalue weighted by atomic mass is 10.1. The van der Waals surface area contributed by atoms with E-state index in [1.165, 1.54) is 0 Å². The minimum Gasteiger partial charge on any atom is -0.450 e. The summed E-state index contributed by atoms with van der Waals surface area (Å²) in [7, 11) is 0. The van der Waals surface area contributed by atoms with Crippen LogP contribution in [0.1, 0.15) is 32.3 Å². The molecule has 1 aliphatic rings. The number of amides is 4. The van der Waals surface area contributed by atoms with E-state index in [0.717, 1.165) is 24.8 Å². The Morgan fingerprint density at radius 3 is 2.81 bits per heavy atom. The first-order chi connectivity index (χ1) is 13.0. The number of urea groups is 1. The molecule has 1 aromatic carbocycles. The summed E-state index contributed by atoms with van der Waals surface area (Å²) < 4.78 is 4.87. The number of aryl methyl sites for hydroxylation is 1. The molecule has 1 atom stereocenters. The zero-order chi connectivity index (χ0) is 19.6. The van der Waals surface area contributed by atoms with Crippen molar-refractivity contribution >= 4 is 23.7 Å². The molecule has 1 fully saturated rings. The Kier molecular flexibility index (Phi) is 7.91. The molecule has 0 unspecified atom stereocenters. The monoisotopic (exact) mass is 376 g/mol. The van der Waals surface area contributed by atoms with Crippen molar-refractivity contribution in [1.29, 1.82) is 0 Å². The third-order valence-electron chi connectivity index (χ3n) is 4.33. The number of piperidine rings is 1. The van der Waals surface area contributed by atoms with Crippen molar-refractivity contribution in [2.75, 3.05) is 31.6 Å². The van der Waals surface area contributed by atoms with Crippen molar-refractivity contribution in [3.63, 3.8) is 0 Å². The van der Waals surface area contributed by atoms with Crippen LogP contribution in [0.4, 0.5) is 15.3 Å². The smallest absolute Gasteiger partial charge is 0.407 e. The maximum absolute atomic E-state index is 12.3. The van der Waals surface area contributed by atoms with Gasteiger partial charge in [-0.1, -0.05) is 19.1 Å². The van der Waals surface area contributed by atoms with Gasteiger partial charge >= 0.3 is 12.1 Å². The fourth-order valence-electron chi connectivity index (χ4n) is 2.96. The van der Waals surface area contributed by atoms with Crippen LogP contribution in [0.15, 0.2) is 24.3 Å². The number of anilines is 1. The van der Waals surface area contributed by atoms with Gasteiger partial charge in [-0.25, -0.2) is 9.59 Å². The van der Waals surface area contributed by atoms with Gasteiger partial charge in [0.05, 0.1) is 13.2 Å². The van der Waals surface area contributed by atoms with E-state index in [1.54, 1.807) is 11.8 Å². The van der Waals surface area contributed by atoms with Crippen molar-refractivity contribution < 1.29 is 19.1 Å². The van der Waals surface area contributed by atoms with E-state index >= 15 is 0 Å². The van der Waals surface area contributed by atoms with Crippen LogP contribution in [0.25, 0.3) is 0 Å². The molecule has 0 spiro atoms. The van der Waals surface area contributed by atoms with Gasteiger partial charge in [0.1, 0.15) is 0 Å². The second-order valence-corrected chi connectivity index (χ2v) is 6.41. The number of carbonyl (C=O) groups excluding carboxylic acids is 3. The third-order valence-corrected chi connectivity index (χ3v) is 4.33. The molecule has 0 saturated carbocycles. The second kappa shape index (κ2) is 10.4. The van der Waals surface area contributed by atoms with E-state index in [2.05, 4.69) is 16.0 Å². The Morgan fingerprint density at radius 2 is 2.07 bits per heavy atom. The Morgan fingerprint density at radius 1 is 1.26 bits per heavy atom. The number of likely N-dealkylation sites (tertiary alicyclic amines) is 1. The number of ether oxygens (including phenoxy) is 1. The van der Waals surface area contributed by atoms with Crippen LogP contribution in [0.5, 0.6) is 0 Å². The van der Waals surface area contributed by atoms with Crippen molar-refractivity contribution in [3.8, 4) is 0 Å².